The van der Waals surface area contributed by atoms with Gasteiger partial charge in [-0.2, -0.15) is 4.33 Å². The number of H-pyrrole nitrogens is 1. The van der Waals surface area contributed by atoms with E-state index in [9.17, 15) is 9.59 Å². The number of unbranched alkanes of at least 4 members (excludes halogenated alkanes) is 3. The molecule has 2 heterocycles. The van der Waals surface area contributed by atoms with Gasteiger partial charge in [-0.15, -0.1) is 0 Å². The molecular formula is C28H40N2O5SSi. The minimum absolute atomic E-state index is 0.0706. The minimum Gasteiger partial charge on any atom is -0.774 e. The van der Waals surface area contributed by atoms with E-state index in [4.69, 9.17) is 4.55 Å². The minimum atomic E-state index is -1.68. The summed E-state index contributed by atoms with van der Waals surface area (Å²) in [6.45, 7) is 6.86. The second-order valence-electron chi connectivity index (χ2n) is 9.17. The monoisotopic (exact) mass is 544 g/mol. The van der Waals surface area contributed by atoms with E-state index in [1.165, 1.54) is 24.4 Å². The molecular weight excluding hydrogens is 504 g/mol. The average molecular weight is 545 g/mol. The fourth-order valence-corrected chi connectivity index (χ4v) is 10.1. The molecule has 0 spiro atoms. The van der Waals surface area contributed by atoms with E-state index >= 15 is 0 Å². The molecule has 9 heteroatoms. The maximum atomic E-state index is 13.2. The van der Waals surface area contributed by atoms with Gasteiger partial charge >= 0.3 is 0 Å². The van der Waals surface area contributed by atoms with Crippen LogP contribution in [0.2, 0.25) is 12.1 Å². The van der Waals surface area contributed by atoms with Crippen molar-refractivity contribution in [1.82, 2.24) is 0 Å². The highest BCUT2D eigenvalue weighted by atomic mass is 32.2. The van der Waals surface area contributed by atoms with Crippen LogP contribution in [0.1, 0.15) is 64.9 Å². The van der Waals surface area contributed by atoms with Crippen molar-refractivity contribution >= 4 is 49.0 Å². The molecule has 3 rings (SSSR count). The van der Waals surface area contributed by atoms with E-state index in [0.29, 0.717) is 18.5 Å². The summed E-state index contributed by atoms with van der Waals surface area (Å²) in [5, 5.41) is 1.46. The summed E-state index contributed by atoms with van der Waals surface area (Å²) in [5.74, 6) is 0.424. The number of nitrogens with one attached hydrogen (secondary N) is 1. The maximum Gasteiger partial charge on any atom is 0.226 e. The Morgan fingerprint density at radius 2 is 1.78 bits per heavy atom. The molecule has 1 atom stereocenters. The lowest BCUT2D eigenvalue weighted by Gasteiger charge is -2.33. The third-order valence-electron chi connectivity index (χ3n) is 7.27. The summed E-state index contributed by atoms with van der Waals surface area (Å²) in [5.41, 5.74) is 2.48. The highest BCUT2D eigenvalue weighted by Crippen LogP contribution is 2.36. The van der Waals surface area contributed by atoms with E-state index in [1.54, 1.807) is 6.08 Å². The molecule has 7 nitrogen and oxygen atoms in total. The van der Waals surface area contributed by atoms with Gasteiger partial charge in [-0.3, -0.25) is 9.59 Å². The van der Waals surface area contributed by atoms with Crippen LogP contribution in [0, 0.1) is 0 Å². The molecule has 1 aliphatic rings. The topological polar surface area (TPSA) is 93.0 Å². The van der Waals surface area contributed by atoms with Gasteiger partial charge in [0, 0.05) is 35.8 Å². The number of pyridine rings is 1. The number of fused-ring (bicyclic) bond motifs is 1. The van der Waals surface area contributed by atoms with Crippen LogP contribution in [-0.4, -0.2) is 37.1 Å². The van der Waals surface area contributed by atoms with Crippen LogP contribution in [0.25, 0.3) is 6.08 Å². The number of anilines is 1. The number of nitrogens with zero attached hydrogens (tertiary/aromatic N) is 1. The number of benzene rings is 1. The third kappa shape index (κ3) is 8.61. The smallest absolute Gasteiger partial charge is 0.226 e. The van der Waals surface area contributed by atoms with Crippen LogP contribution in [0.4, 0.5) is 5.69 Å². The molecule has 1 aliphatic heterocycles. The van der Waals surface area contributed by atoms with Crippen molar-refractivity contribution in [2.75, 3.05) is 12.0 Å². The van der Waals surface area contributed by atoms with Gasteiger partial charge in [-0.05, 0) is 49.2 Å². The lowest BCUT2D eigenvalue weighted by atomic mass is 10.1. The lowest BCUT2D eigenvalue weighted by Crippen LogP contribution is -2.55. The standard InChI is InChI=1S/C27H36N2O2Si.CH4O3S/c1-4-32(5-2)22(3)29(25-15-10-11-16-26(25)32)27(31)17-9-7-6-8-14-24(30)19-18-23-13-12-20-28-21-23;1-3-4-5-2/h10-13,15-16,18-22H,4-9,14,17H2,1-3H3;2H,1H3/b19-18+;. The Hall–Kier alpha value is -2.30. The number of para-hydroxylation sites is 1. The van der Waals surface area contributed by atoms with E-state index in [1.807, 2.05) is 30.6 Å². The Labute approximate surface area is 226 Å². The van der Waals surface area contributed by atoms with Crippen molar-refractivity contribution in [3.63, 3.8) is 0 Å². The molecule has 0 bridgehead atoms. The van der Waals surface area contributed by atoms with Crippen LogP contribution in [0.3, 0.4) is 0 Å². The van der Waals surface area contributed by atoms with Gasteiger partial charge in [0.05, 0.1) is 7.11 Å². The van der Waals surface area contributed by atoms with Gasteiger partial charge in [0.2, 0.25) is 5.91 Å². The molecule has 37 heavy (non-hydrogen) atoms. The number of allylic oxidation sites excluding steroid dienone is 1. The summed E-state index contributed by atoms with van der Waals surface area (Å²) in [7, 11) is -0.408. The number of ketones is 1. The van der Waals surface area contributed by atoms with Gasteiger partial charge in [0.25, 0.3) is 0 Å². The van der Waals surface area contributed by atoms with E-state index in [0.717, 1.165) is 36.9 Å². The Morgan fingerprint density at radius 3 is 2.38 bits per heavy atom. The number of carbonyl (C=O) groups is 2. The summed E-state index contributed by atoms with van der Waals surface area (Å²) in [6.07, 6.45) is 12.1. The molecule has 1 N–H and O–H groups in total. The largest absolute Gasteiger partial charge is 0.774 e. The first kappa shape index (κ1) is 30.9. The fraction of sp³-hybridized carbons (Fsp3) is 0.464. The number of hydrogen-bond donors (Lipinski definition) is 0. The quantitative estimate of drug-likeness (QED) is 0.0833. The first-order chi connectivity index (χ1) is 17.9. The van der Waals surface area contributed by atoms with Crippen molar-refractivity contribution in [2.24, 2.45) is 0 Å². The van der Waals surface area contributed by atoms with Crippen LogP contribution >= 0.6 is 12.3 Å². The molecule has 0 fully saturated rings. The van der Waals surface area contributed by atoms with Crippen LogP contribution in [-0.2, 0) is 18.8 Å². The Bertz CT molecular complexity index is 999. The zero-order chi connectivity index (χ0) is 27.1. The molecule has 0 aliphatic carbocycles. The van der Waals surface area contributed by atoms with Gasteiger partial charge in [-0.25, -0.2) is 9.87 Å². The SMILES string of the molecule is CC[Si]1(CC)c2ccccc2N(C(=O)CCCCCCC(=O)/C=C/c2ccc[nH+]c2)C1C.COOS[O-]. The first-order valence-corrected chi connectivity index (χ1v) is 16.2. The van der Waals surface area contributed by atoms with E-state index in [-0.39, 0.29) is 24.0 Å². The molecule has 1 amide bonds. The average Bonchev–Trinajstić information content (AvgIpc) is 3.18. The molecule has 2 aromatic rings. The first-order valence-electron chi connectivity index (χ1n) is 13.0. The number of aromatic amines is 1. The second kappa shape index (κ2) is 16.5. The second-order valence-corrected chi connectivity index (χ2v) is 14.5. The van der Waals surface area contributed by atoms with Gasteiger partial charge < -0.3 is 9.45 Å². The van der Waals surface area contributed by atoms with Crippen LogP contribution in [0.5, 0.6) is 0 Å². The zero-order valence-electron chi connectivity index (χ0n) is 22.4. The number of amides is 1. The molecule has 0 saturated heterocycles. The van der Waals surface area contributed by atoms with E-state index in [2.05, 4.69) is 64.1 Å². The summed E-state index contributed by atoms with van der Waals surface area (Å²) < 4.78 is 12.8. The Balaban J connectivity index is 0.000000877. The molecule has 1 aromatic heterocycles. The summed E-state index contributed by atoms with van der Waals surface area (Å²) in [4.78, 5) is 34.2. The molecule has 1 unspecified atom stereocenters. The summed E-state index contributed by atoms with van der Waals surface area (Å²) >= 11 is -0.0706. The highest BCUT2D eigenvalue weighted by Gasteiger charge is 2.49. The van der Waals surface area contributed by atoms with Gasteiger partial charge in [0.15, 0.2) is 18.2 Å². The Kier molecular flexibility index (Phi) is 13.8. The molecule has 1 aromatic carbocycles. The number of hydrogen-bond acceptors (Lipinski definition) is 6. The Morgan fingerprint density at radius 1 is 1.08 bits per heavy atom. The van der Waals surface area contributed by atoms with E-state index < -0.39 is 8.07 Å². The highest BCUT2D eigenvalue weighted by molar-refractivity contribution is 7.88. The van der Waals surface area contributed by atoms with Crippen molar-refractivity contribution in [3.05, 3.63) is 60.4 Å². The normalized spacial score (nSPS) is 15.8. The maximum absolute atomic E-state index is 13.2. The number of aromatic nitrogens is 1. The number of rotatable bonds is 13. The zero-order valence-corrected chi connectivity index (χ0v) is 24.2. The molecule has 0 saturated carbocycles. The molecule has 202 valence electrons. The van der Waals surface area contributed by atoms with Crippen molar-refractivity contribution in [2.45, 2.75) is 77.0 Å². The van der Waals surface area contributed by atoms with Gasteiger partial charge in [-0.1, -0.05) is 69.3 Å². The third-order valence-corrected chi connectivity index (χ3v) is 13.3. The predicted molar refractivity (Wildman–Crippen MR) is 151 cm³/mol. The van der Waals surface area contributed by atoms with Crippen molar-refractivity contribution in [1.29, 1.82) is 0 Å². The predicted octanol–water partition coefficient (Wildman–Crippen LogP) is 5.44. The van der Waals surface area contributed by atoms with Crippen molar-refractivity contribution in [3.8, 4) is 0 Å². The van der Waals surface area contributed by atoms with Crippen molar-refractivity contribution < 1.29 is 28.3 Å². The van der Waals surface area contributed by atoms with Crippen LogP contribution in [0.15, 0.2) is 54.9 Å². The fourth-order valence-electron chi connectivity index (χ4n) is 5.22. The molecule has 0 radical (unpaired) electrons. The van der Waals surface area contributed by atoms with Crippen LogP contribution < -0.4 is 15.1 Å². The lowest BCUT2D eigenvalue weighted by molar-refractivity contribution is -0.378. The van der Waals surface area contributed by atoms with Gasteiger partial charge in [0.1, 0.15) is 8.07 Å². The summed E-state index contributed by atoms with van der Waals surface area (Å²) in [6, 6.07) is 14.8. The number of carbonyl (C=O) groups excluding carboxylic acids is 2.